The van der Waals surface area contributed by atoms with Gasteiger partial charge in [-0.15, -0.1) is 6.58 Å². The molecule has 3 nitrogen and oxygen atoms in total. The quantitative estimate of drug-likeness (QED) is 0.569. The molecule has 0 aliphatic carbocycles. The Labute approximate surface area is 87.9 Å². The van der Waals surface area contributed by atoms with Crippen molar-refractivity contribution in [1.29, 1.82) is 0 Å². The van der Waals surface area contributed by atoms with E-state index >= 15 is 0 Å². The summed E-state index contributed by atoms with van der Waals surface area (Å²) in [7, 11) is 1.73. The summed E-state index contributed by atoms with van der Waals surface area (Å²) in [6.45, 7) is 9.25. The summed E-state index contributed by atoms with van der Waals surface area (Å²) in [5.41, 5.74) is 5.74. The van der Waals surface area contributed by atoms with Gasteiger partial charge in [0.15, 0.2) is 0 Å². The van der Waals surface area contributed by atoms with Crippen molar-refractivity contribution in [2.24, 2.45) is 5.73 Å². The van der Waals surface area contributed by atoms with Crippen LogP contribution in [0.2, 0.25) is 0 Å². The summed E-state index contributed by atoms with van der Waals surface area (Å²) >= 11 is 0. The van der Waals surface area contributed by atoms with Gasteiger partial charge in [0.05, 0.1) is 6.61 Å². The van der Waals surface area contributed by atoms with Gasteiger partial charge in [0, 0.05) is 32.8 Å². The van der Waals surface area contributed by atoms with Crippen LogP contribution in [0.3, 0.4) is 0 Å². The molecular formula is C11H24N2O. The minimum Gasteiger partial charge on any atom is -0.383 e. The maximum absolute atomic E-state index is 5.74. The number of hydrogen-bond donors (Lipinski definition) is 1. The molecule has 0 saturated carbocycles. The molecule has 0 rings (SSSR count). The van der Waals surface area contributed by atoms with Crippen molar-refractivity contribution < 1.29 is 4.74 Å². The van der Waals surface area contributed by atoms with E-state index in [0.29, 0.717) is 12.6 Å². The summed E-state index contributed by atoms with van der Waals surface area (Å²) in [6.07, 6.45) is 4.24. The highest BCUT2D eigenvalue weighted by Gasteiger charge is 2.14. The highest BCUT2D eigenvalue weighted by molar-refractivity contribution is 4.79. The average molecular weight is 200 g/mol. The van der Waals surface area contributed by atoms with Crippen LogP contribution >= 0.6 is 0 Å². The topological polar surface area (TPSA) is 38.5 Å². The fraction of sp³-hybridized carbons (Fsp3) is 0.818. The zero-order valence-electron chi connectivity index (χ0n) is 9.54. The molecule has 1 unspecified atom stereocenters. The minimum absolute atomic E-state index is 0.466. The molecule has 0 aromatic carbocycles. The van der Waals surface area contributed by atoms with Crippen molar-refractivity contribution >= 4 is 0 Å². The van der Waals surface area contributed by atoms with E-state index in [0.717, 1.165) is 26.1 Å². The van der Waals surface area contributed by atoms with Gasteiger partial charge in [-0.3, -0.25) is 4.90 Å². The van der Waals surface area contributed by atoms with Crippen molar-refractivity contribution in [3.05, 3.63) is 12.7 Å². The van der Waals surface area contributed by atoms with Gasteiger partial charge in [-0.25, -0.2) is 0 Å². The van der Waals surface area contributed by atoms with Gasteiger partial charge < -0.3 is 10.5 Å². The molecule has 0 spiro atoms. The van der Waals surface area contributed by atoms with E-state index in [2.05, 4.69) is 18.4 Å². The standard InChI is InChI=1S/C11H24N2O/c1-4-6-11(10-12)13(7-5-2)8-9-14-3/h5,11H,2,4,6-10,12H2,1,3H3. The zero-order valence-corrected chi connectivity index (χ0v) is 9.54. The van der Waals surface area contributed by atoms with Crippen molar-refractivity contribution in [2.75, 3.05) is 33.4 Å². The Kier molecular flexibility index (Phi) is 8.94. The molecule has 0 bridgehead atoms. The number of hydrogen-bond acceptors (Lipinski definition) is 3. The lowest BCUT2D eigenvalue weighted by molar-refractivity contribution is 0.126. The second-order valence-electron chi connectivity index (χ2n) is 3.45. The van der Waals surface area contributed by atoms with Crippen molar-refractivity contribution in [1.82, 2.24) is 4.90 Å². The number of ether oxygens (including phenoxy) is 1. The lowest BCUT2D eigenvalue weighted by Crippen LogP contribution is -2.42. The van der Waals surface area contributed by atoms with E-state index in [1.807, 2.05) is 6.08 Å². The molecule has 14 heavy (non-hydrogen) atoms. The van der Waals surface area contributed by atoms with Gasteiger partial charge in [0.2, 0.25) is 0 Å². The third-order valence-electron chi connectivity index (χ3n) is 2.36. The van der Waals surface area contributed by atoms with E-state index in [1.165, 1.54) is 6.42 Å². The Morgan fingerprint density at radius 2 is 2.29 bits per heavy atom. The van der Waals surface area contributed by atoms with Crippen LogP contribution in [0.4, 0.5) is 0 Å². The monoisotopic (exact) mass is 200 g/mol. The minimum atomic E-state index is 0.466. The summed E-state index contributed by atoms with van der Waals surface area (Å²) in [6, 6.07) is 0.466. The van der Waals surface area contributed by atoms with E-state index in [4.69, 9.17) is 10.5 Å². The fourth-order valence-electron chi connectivity index (χ4n) is 1.58. The first-order valence-electron chi connectivity index (χ1n) is 5.34. The van der Waals surface area contributed by atoms with Gasteiger partial charge in [-0.05, 0) is 6.42 Å². The Hall–Kier alpha value is -0.380. The van der Waals surface area contributed by atoms with Gasteiger partial charge in [-0.2, -0.15) is 0 Å². The molecule has 1 atom stereocenters. The van der Waals surface area contributed by atoms with Crippen LogP contribution in [0.5, 0.6) is 0 Å². The zero-order chi connectivity index (χ0) is 10.8. The molecule has 0 amide bonds. The normalized spacial score (nSPS) is 13.1. The van der Waals surface area contributed by atoms with E-state index in [9.17, 15) is 0 Å². The fourth-order valence-corrected chi connectivity index (χ4v) is 1.58. The third-order valence-corrected chi connectivity index (χ3v) is 2.36. The molecule has 0 heterocycles. The van der Waals surface area contributed by atoms with Crippen LogP contribution in [-0.2, 0) is 4.74 Å². The molecule has 0 aromatic heterocycles. The van der Waals surface area contributed by atoms with Gasteiger partial charge >= 0.3 is 0 Å². The molecule has 0 fully saturated rings. The van der Waals surface area contributed by atoms with Crippen molar-refractivity contribution in [3.8, 4) is 0 Å². The summed E-state index contributed by atoms with van der Waals surface area (Å²) in [5, 5.41) is 0. The largest absolute Gasteiger partial charge is 0.383 e. The van der Waals surface area contributed by atoms with Crippen LogP contribution in [0.15, 0.2) is 12.7 Å². The maximum Gasteiger partial charge on any atom is 0.0589 e. The number of rotatable bonds is 9. The SMILES string of the molecule is C=CCN(CCOC)C(CN)CCC. The van der Waals surface area contributed by atoms with E-state index < -0.39 is 0 Å². The van der Waals surface area contributed by atoms with E-state index in [-0.39, 0.29) is 0 Å². The van der Waals surface area contributed by atoms with Gasteiger partial charge in [0.1, 0.15) is 0 Å². The number of nitrogens with zero attached hydrogens (tertiary/aromatic N) is 1. The predicted molar refractivity (Wildman–Crippen MR) is 61.4 cm³/mol. The molecule has 3 heteroatoms. The van der Waals surface area contributed by atoms with Crippen molar-refractivity contribution in [2.45, 2.75) is 25.8 Å². The molecule has 2 N–H and O–H groups in total. The Morgan fingerprint density at radius 1 is 1.57 bits per heavy atom. The Balaban J connectivity index is 4.04. The number of methoxy groups -OCH3 is 1. The maximum atomic E-state index is 5.74. The lowest BCUT2D eigenvalue weighted by Gasteiger charge is -2.29. The highest BCUT2D eigenvalue weighted by atomic mass is 16.5. The first-order valence-corrected chi connectivity index (χ1v) is 5.34. The van der Waals surface area contributed by atoms with Crippen molar-refractivity contribution in [3.63, 3.8) is 0 Å². The highest BCUT2D eigenvalue weighted by Crippen LogP contribution is 2.05. The summed E-state index contributed by atoms with van der Waals surface area (Å²) in [4.78, 5) is 2.33. The van der Waals surface area contributed by atoms with Gasteiger partial charge in [-0.1, -0.05) is 19.4 Å². The first-order chi connectivity index (χ1) is 6.79. The second-order valence-corrected chi connectivity index (χ2v) is 3.45. The molecule has 0 aromatic rings. The molecular weight excluding hydrogens is 176 g/mol. The number of nitrogens with two attached hydrogens (primary N) is 1. The van der Waals surface area contributed by atoms with E-state index in [1.54, 1.807) is 7.11 Å². The lowest BCUT2D eigenvalue weighted by atomic mass is 10.1. The van der Waals surface area contributed by atoms with Crippen LogP contribution in [-0.4, -0.2) is 44.3 Å². The molecule has 0 aliphatic heterocycles. The average Bonchev–Trinajstić information content (AvgIpc) is 2.21. The molecule has 0 saturated heterocycles. The first kappa shape index (κ1) is 13.6. The Morgan fingerprint density at radius 3 is 2.71 bits per heavy atom. The second kappa shape index (κ2) is 9.19. The van der Waals surface area contributed by atoms with Crippen LogP contribution in [0.25, 0.3) is 0 Å². The van der Waals surface area contributed by atoms with Crippen LogP contribution < -0.4 is 5.73 Å². The predicted octanol–water partition coefficient (Wildman–Crippen LogP) is 1.25. The third kappa shape index (κ3) is 5.37. The summed E-state index contributed by atoms with van der Waals surface area (Å²) in [5.74, 6) is 0. The van der Waals surface area contributed by atoms with Crippen LogP contribution in [0.1, 0.15) is 19.8 Å². The van der Waals surface area contributed by atoms with Crippen LogP contribution in [0, 0.1) is 0 Å². The summed E-state index contributed by atoms with van der Waals surface area (Å²) < 4.78 is 5.07. The molecule has 0 radical (unpaired) electrons. The molecule has 84 valence electrons. The van der Waals surface area contributed by atoms with Gasteiger partial charge in [0.25, 0.3) is 0 Å². The Bertz CT molecular complexity index is 139. The molecule has 0 aliphatic rings. The smallest absolute Gasteiger partial charge is 0.0589 e.